The van der Waals surface area contributed by atoms with E-state index in [-0.39, 0.29) is 6.03 Å². The fourth-order valence-corrected chi connectivity index (χ4v) is 2.78. The minimum Gasteiger partial charge on any atom is -0.323 e. The Balaban J connectivity index is 2.26. The fraction of sp³-hybridized carbons (Fsp3) is 0.588. The van der Waals surface area contributed by atoms with E-state index >= 15 is 0 Å². The first kappa shape index (κ1) is 15.8. The van der Waals surface area contributed by atoms with E-state index in [1.807, 2.05) is 13.1 Å². The second-order valence-electron chi connectivity index (χ2n) is 6.02. The van der Waals surface area contributed by atoms with Gasteiger partial charge in [0, 0.05) is 25.3 Å². The summed E-state index contributed by atoms with van der Waals surface area (Å²) in [5, 5.41) is 6.59. The Morgan fingerprint density at radius 3 is 2.81 bits per heavy atom. The van der Waals surface area contributed by atoms with Crippen molar-refractivity contribution in [3.63, 3.8) is 0 Å². The van der Waals surface area contributed by atoms with E-state index < -0.39 is 0 Å². The van der Waals surface area contributed by atoms with Crippen LogP contribution in [0.15, 0.2) is 18.2 Å². The smallest absolute Gasteiger partial charge is 0.321 e. The summed E-state index contributed by atoms with van der Waals surface area (Å²) in [4.78, 5) is 13.4. The number of nitrogens with zero attached hydrogens (tertiary/aromatic N) is 1. The topological polar surface area (TPSA) is 44.4 Å². The average Bonchev–Trinajstić information content (AvgIpc) is 2.48. The second-order valence-corrected chi connectivity index (χ2v) is 6.02. The van der Waals surface area contributed by atoms with Crippen LogP contribution in [0.2, 0.25) is 0 Å². The molecule has 2 rings (SSSR count). The van der Waals surface area contributed by atoms with Gasteiger partial charge in [-0.3, -0.25) is 0 Å². The van der Waals surface area contributed by atoms with Crippen LogP contribution in [0.1, 0.15) is 50.8 Å². The van der Waals surface area contributed by atoms with Crippen molar-refractivity contribution in [2.45, 2.75) is 46.2 Å². The third-order valence-corrected chi connectivity index (χ3v) is 4.31. The fourth-order valence-electron chi connectivity index (χ4n) is 2.78. The molecule has 1 aromatic rings. The van der Waals surface area contributed by atoms with E-state index in [0.717, 1.165) is 25.1 Å². The summed E-state index contributed by atoms with van der Waals surface area (Å²) >= 11 is 0. The van der Waals surface area contributed by atoms with Crippen molar-refractivity contribution in [2.24, 2.45) is 5.92 Å². The number of nitrogens with one attached hydrogen (secondary N) is 2. The molecule has 116 valence electrons. The third-order valence-electron chi connectivity index (χ3n) is 4.31. The van der Waals surface area contributed by atoms with Crippen molar-refractivity contribution in [1.82, 2.24) is 10.2 Å². The van der Waals surface area contributed by atoms with Crippen molar-refractivity contribution in [2.75, 3.05) is 18.9 Å². The number of anilines is 1. The van der Waals surface area contributed by atoms with Crippen LogP contribution >= 0.6 is 0 Å². The maximum absolute atomic E-state index is 11.7. The van der Waals surface area contributed by atoms with E-state index in [2.05, 4.69) is 43.5 Å². The van der Waals surface area contributed by atoms with Gasteiger partial charge in [-0.15, -0.1) is 0 Å². The summed E-state index contributed by atoms with van der Waals surface area (Å²) < 4.78 is 0. The summed E-state index contributed by atoms with van der Waals surface area (Å²) in [6.45, 7) is 8.43. The lowest BCUT2D eigenvalue weighted by atomic mass is 9.90. The molecular formula is C17H27N3O. The minimum atomic E-state index is -0.0298. The molecule has 1 aliphatic heterocycles. The molecule has 1 aliphatic rings. The molecule has 4 heteroatoms. The number of hydrogen-bond donors (Lipinski definition) is 2. The van der Waals surface area contributed by atoms with E-state index in [4.69, 9.17) is 0 Å². The lowest BCUT2D eigenvalue weighted by molar-refractivity contribution is 0.218. The number of hydrogen-bond acceptors (Lipinski definition) is 2. The molecule has 0 bridgehead atoms. The van der Waals surface area contributed by atoms with E-state index in [9.17, 15) is 4.79 Å². The van der Waals surface area contributed by atoms with Crippen LogP contribution in [-0.2, 0) is 6.54 Å². The highest BCUT2D eigenvalue weighted by atomic mass is 16.2. The number of rotatable bonds is 6. The number of fused-ring (bicyclic) bond motifs is 1. The predicted molar refractivity (Wildman–Crippen MR) is 87.4 cm³/mol. The highest BCUT2D eigenvalue weighted by Crippen LogP contribution is 2.30. The van der Waals surface area contributed by atoms with Gasteiger partial charge in [-0.05, 0) is 36.1 Å². The van der Waals surface area contributed by atoms with Gasteiger partial charge in [0.05, 0.1) is 0 Å². The number of amides is 2. The Labute approximate surface area is 127 Å². The SMILES string of the molecule is CCCNC(c1ccc2c(c1)CN(C)C(=O)N2)C(C)CC. The van der Waals surface area contributed by atoms with Gasteiger partial charge in [0.15, 0.2) is 0 Å². The van der Waals surface area contributed by atoms with Crippen LogP contribution < -0.4 is 10.6 Å². The Morgan fingerprint density at radius 2 is 2.14 bits per heavy atom. The van der Waals surface area contributed by atoms with Crippen molar-refractivity contribution in [3.05, 3.63) is 29.3 Å². The van der Waals surface area contributed by atoms with Gasteiger partial charge < -0.3 is 15.5 Å². The van der Waals surface area contributed by atoms with Crippen LogP contribution in [-0.4, -0.2) is 24.5 Å². The van der Waals surface area contributed by atoms with Crippen LogP contribution in [0.25, 0.3) is 0 Å². The Kier molecular flexibility index (Phi) is 5.23. The molecule has 21 heavy (non-hydrogen) atoms. The third kappa shape index (κ3) is 3.56. The van der Waals surface area contributed by atoms with Crippen LogP contribution in [0.4, 0.5) is 10.5 Å². The first-order valence-corrected chi connectivity index (χ1v) is 7.95. The lowest BCUT2D eigenvalue weighted by Gasteiger charge is -2.29. The van der Waals surface area contributed by atoms with E-state index in [1.165, 1.54) is 11.1 Å². The molecule has 2 atom stereocenters. The molecule has 1 aromatic carbocycles. The summed E-state index contributed by atoms with van der Waals surface area (Å²) in [5.41, 5.74) is 3.46. The molecule has 0 radical (unpaired) electrons. The van der Waals surface area contributed by atoms with E-state index in [1.54, 1.807) is 4.90 Å². The molecule has 0 aromatic heterocycles. The van der Waals surface area contributed by atoms with Gasteiger partial charge in [0.1, 0.15) is 0 Å². The summed E-state index contributed by atoms with van der Waals surface area (Å²) in [5.74, 6) is 0.588. The van der Waals surface area contributed by atoms with Gasteiger partial charge in [0.2, 0.25) is 0 Å². The zero-order valence-electron chi connectivity index (χ0n) is 13.6. The molecule has 0 fully saturated rings. The van der Waals surface area contributed by atoms with Crippen LogP contribution in [0.3, 0.4) is 0 Å². The van der Waals surface area contributed by atoms with Crippen molar-refractivity contribution in [3.8, 4) is 0 Å². The Morgan fingerprint density at radius 1 is 1.38 bits per heavy atom. The summed E-state index contributed by atoms with van der Waals surface area (Å²) in [6, 6.07) is 6.77. The van der Waals surface area contributed by atoms with Crippen molar-refractivity contribution >= 4 is 11.7 Å². The molecule has 0 spiro atoms. The minimum absolute atomic E-state index is 0.0298. The molecule has 2 amide bonds. The molecule has 4 nitrogen and oxygen atoms in total. The van der Waals surface area contributed by atoms with Gasteiger partial charge in [-0.1, -0.05) is 39.3 Å². The Bertz CT molecular complexity index is 501. The molecule has 2 N–H and O–H groups in total. The van der Waals surface area contributed by atoms with Gasteiger partial charge >= 0.3 is 6.03 Å². The van der Waals surface area contributed by atoms with Crippen molar-refractivity contribution < 1.29 is 4.79 Å². The number of urea groups is 1. The molecule has 0 aliphatic carbocycles. The van der Waals surface area contributed by atoms with E-state index in [0.29, 0.717) is 18.5 Å². The molecule has 2 unspecified atom stereocenters. The average molecular weight is 289 g/mol. The largest absolute Gasteiger partial charge is 0.323 e. The van der Waals surface area contributed by atoms with Crippen molar-refractivity contribution in [1.29, 1.82) is 0 Å². The highest BCUT2D eigenvalue weighted by Gasteiger charge is 2.22. The summed E-state index contributed by atoms with van der Waals surface area (Å²) in [6.07, 6.45) is 2.28. The van der Waals surface area contributed by atoms with Gasteiger partial charge in [0.25, 0.3) is 0 Å². The zero-order valence-corrected chi connectivity index (χ0v) is 13.6. The van der Waals surface area contributed by atoms with Gasteiger partial charge in [-0.2, -0.15) is 0 Å². The molecular weight excluding hydrogens is 262 g/mol. The first-order valence-electron chi connectivity index (χ1n) is 7.95. The molecule has 0 saturated carbocycles. The zero-order chi connectivity index (χ0) is 15.4. The molecule has 0 saturated heterocycles. The Hall–Kier alpha value is -1.55. The highest BCUT2D eigenvalue weighted by molar-refractivity contribution is 5.92. The maximum Gasteiger partial charge on any atom is 0.321 e. The quantitative estimate of drug-likeness (QED) is 0.837. The normalized spacial score (nSPS) is 17.1. The second kappa shape index (κ2) is 6.94. The maximum atomic E-state index is 11.7. The monoisotopic (exact) mass is 289 g/mol. The number of carbonyl (C=O) groups excluding carboxylic acids is 1. The summed E-state index contributed by atoms with van der Waals surface area (Å²) in [7, 11) is 1.83. The predicted octanol–water partition coefficient (Wildman–Crippen LogP) is 3.75. The molecule has 1 heterocycles. The standard InChI is InChI=1S/C17H27N3O/c1-5-9-18-16(12(3)6-2)13-7-8-15-14(10-13)11-20(4)17(21)19-15/h7-8,10,12,16,18H,5-6,9,11H2,1-4H3,(H,19,21). The number of benzene rings is 1. The first-order chi connectivity index (χ1) is 10.1. The van der Waals surface area contributed by atoms with Crippen LogP contribution in [0.5, 0.6) is 0 Å². The van der Waals surface area contributed by atoms with Gasteiger partial charge in [-0.25, -0.2) is 4.79 Å². The number of carbonyl (C=O) groups is 1. The lowest BCUT2D eigenvalue weighted by Crippen LogP contribution is -2.35. The van der Waals surface area contributed by atoms with Crippen LogP contribution in [0, 0.1) is 5.92 Å².